The molecular formula is C14H12Cl2FNO2S. The number of rotatable bonds is 4. The van der Waals surface area contributed by atoms with Gasteiger partial charge in [-0.15, -0.1) is 0 Å². The van der Waals surface area contributed by atoms with E-state index in [-0.39, 0.29) is 27.3 Å². The second kappa shape index (κ2) is 6.32. The number of aryl methyl sites for hydroxylation is 1. The van der Waals surface area contributed by atoms with E-state index in [9.17, 15) is 12.8 Å². The molecule has 0 aromatic heterocycles. The van der Waals surface area contributed by atoms with E-state index in [1.165, 1.54) is 24.3 Å². The van der Waals surface area contributed by atoms with Crippen molar-refractivity contribution in [1.29, 1.82) is 0 Å². The molecule has 0 aliphatic rings. The van der Waals surface area contributed by atoms with E-state index >= 15 is 0 Å². The molecule has 0 radical (unpaired) electrons. The van der Waals surface area contributed by atoms with Gasteiger partial charge < -0.3 is 0 Å². The van der Waals surface area contributed by atoms with Crippen LogP contribution in [0.25, 0.3) is 0 Å². The Kier molecular flexibility index (Phi) is 4.88. The summed E-state index contributed by atoms with van der Waals surface area (Å²) in [6, 6.07) is 8.84. The molecule has 0 aliphatic carbocycles. The van der Waals surface area contributed by atoms with Gasteiger partial charge in [-0.25, -0.2) is 17.5 Å². The molecule has 0 saturated heterocycles. The fraction of sp³-hybridized carbons (Fsp3) is 0.143. The summed E-state index contributed by atoms with van der Waals surface area (Å²) in [5, 5.41) is 0.0931. The van der Waals surface area contributed by atoms with Crippen LogP contribution in [0, 0.1) is 12.7 Å². The first-order valence-corrected chi connectivity index (χ1v) is 8.24. The van der Waals surface area contributed by atoms with Gasteiger partial charge >= 0.3 is 0 Å². The van der Waals surface area contributed by atoms with Gasteiger partial charge in [0.15, 0.2) is 0 Å². The third kappa shape index (κ3) is 3.74. The SMILES string of the molecule is Cc1cc(CNS(=O)(=O)c2c(Cl)cccc2Cl)ccc1F. The average molecular weight is 348 g/mol. The highest BCUT2D eigenvalue weighted by molar-refractivity contribution is 7.89. The minimum atomic E-state index is -3.85. The van der Waals surface area contributed by atoms with E-state index in [4.69, 9.17) is 23.2 Å². The molecule has 3 nitrogen and oxygen atoms in total. The molecule has 21 heavy (non-hydrogen) atoms. The molecule has 0 unspecified atom stereocenters. The lowest BCUT2D eigenvalue weighted by atomic mass is 10.1. The highest BCUT2D eigenvalue weighted by atomic mass is 35.5. The zero-order valence-corrected chi connectivity index (χ0v) is 13.4. The number of halogens is 3. The van der Waals surface area contributed by atoms with Crippen molar-refractivity contribution >= 4 is 33.2 Å². The predicted octanol–water partition coefficient (Wildman–Crippen LogP) is 3.92. The molecular weight excluding hydrogens is 336 g/mol. The molecule has 0 saturated carbocycles. The van der Waals surface area contributed by atoms with Crippen molar-refractivity contribution in [2.45, 2.75) is 18.4 Å². The fourth-order valence-electron chi connectivity index (χ4n) is 1.81. The third-order valence-electron chi connectivity index (χ3n) is 2.88. The maximum absolute atomic E-state index is 13.2. The maximum atomic E-state index is 13.2. The quantitative estimate of drug-likeness (QED) is 0.910. The van der Waals surface area contributed by atoms with Gasteiger partial charge in [0, 0.05) is 6.54 Å². The summed E-state index contributed by atoms with van der Waals surface area (Å²) in [5.74, 6) is -0.337. The van der Waals surface area contributed by atoms with Gasteiger partial charge in [-0.2, -0.15) is 0 Å². The van der Waals surface area contributed by atoms with Gasteiger partial charge in [-0.05, 0) is 36.2 Å². The molecule has 2 aromatic rings. The molecule has 0 aliphatic heterocycles. The first kappa shape index (κ1) is 16.2. The zero-order valence-electron chi connectivity index (χ0n) is 11.0. The van der Waals surface area contributed by atoms with Crippen molar-refractivity contribution in [2.24, 2.45) is 0 Å². The number of hydrogen-bond acceptors (Lipinski definition) is 2. The van der Waals surface area contributed by atoms with Gasteiger partial charge in [0.25, 0.3) is 0 Å². The predicted molar refractivity (Wildman–Crippen MR) is 81.6 cm³/mol. The minimum Gasteiger partial charge on any atom is -0.207 e. The largest absolute Gasteiger partial charge is 0.243 e. The van der Waals surface area contributed by atoms with Crippen LogP contribution in [-0.4, -0.2) is 8.42 Å². The zero-order chi connectivity index (χ0) is 15.6. The van der Waals surface area contributed by atoms with Crippen molar-refractivity contribution in [3.8, 4) is 0 Å². The van der Waals surface area contributed by atoms with Gasteiger partial charge in [0.1, 0.15) is 10.7 Å². The standard InChI is InChI=1S/C14H12Cl2FNO2S/c1-9-7-10(5-6-13(9)17)8-18-21(19,20)14-11(15)3-2-4-12(14)16/h2-7,18H,8H2,1H3. The van der Waals surface area contributed by atoms with E-state index in [1.54, 1.807) is 19.1 Å². The molecule has 0 amide bonds. The lowest BCUT2D eigenvalue weighted by Gasteiger charge is -2.10. The van der Waals surface area contributed by atoms with Crippen molar-refractivity contribution in [1.82, 2.24) is 4.72 Å². The van der Waals surface area contributed by atoms with Crippen LogP contribution >= 0.6 is 23.2 Å². The van der Waals surface area contributed by atoms with E-state index in [0.29, 0.717) is 11.1 Å². The van der Waals surface area contributed by atoms with E-state index in [0.717, 1.165) is 0 Å². The molecule has 0 fully saturated rings. The summed E-state index contributed by atoms with van der Waals surface area (Å²) in [5.41, 5.74) is 1.09. The van der Waals surface area contributed by atoms with Gasteiger partial charge in [-0.1, -0.05) is 41.4 Å². The Morgan fingerprint density at radius 2 is 1.76 bits per heavy atom. The van der Waals surface area contributed by atoms with E-state index < -0.39 is 10.0 Å². The molecule has 0 heterocycles. The van der Waals surface area contributed by atoms with Crippen LogP contribution in [0.4, 0.5) is 4.39 Å². The van der Waals surface area contributed by atoms with Crippen LogP contribution in [0.1, 0.15) is 11.1 Å². The van der Waals surface area contributed by atoms with E-state index in [1.807, 2.05) is 0 Å². The topological polar surface area (TPSA) is 46.2 Å². The Bertz CT molecular complexity index is 758. The summed E-state index contributed by atoms with van der Waals surface area (Å²) in [6.45, 7) is 1.63. The fourth-order valence-corrected chi connectivity index (χ4v) is 3.96. The molecule has 0 bridgehead atoms. The monoisotopic (exact) mass is 347 g/mol. The smallest absolute Gasteiger partial charge is 0.207 e. The highest BCUT2D eigenvalue weighted by Gasteiger charge is 2.21. The summed E-state index contributed by atoms with van der Waals surface area (Å²) >= 11 is 11.8. The molecule has 7 heteroatoms. The molecule has 0 spiro atoms. The summed E-state index contributed by atoms with van der Waals surface area (Å²) in [6.07, 6.45) is 0. The second-order valence-electron chi connectivity index (χ2n) is 4.46. The summed E-state index contributed by atoms with van der Waals surface area (Å²) in [7, 11) is -3.85. The molecule has 1 N–H and O–H groups in total. The van der Waals surface area contributed by atoms with Crippen LogP contribution in [0.3, 0.4) is 0 Å². The Morgan fingerprint density at radius 1 is 1.14 bits per heavy atom. The third-order valence-corrected chi connectivity index (χ3v) is 5.23. The maximum Gasteiger partial charge on any atom is 0.243 e. The Hall–Kier alpha value is -1.14. The first-order valence-electron chi connectivity index (χ1n) is 6.00. The van der Waals surface area contributed by atoms with Crippen LogP contribution in [0.5, 0.6) is 0 Å². The number of nitrogens with one attached hydrogen (secondary N) is 1. The Balaban J connectivity index is 2.24. The average Bonchev–Trinajstić information content (AvgIpc) is 2.40. The van der Waals surface area contributed by atoms with Crippen LogP contribution < -0.4 is 4.72 Å². The highest BCUT2D eigenvalue weighted by Crippen LogP contribution is 2.28. The van der Waals surface area contributed by atoms with Gasteiger partial charge in [-0.3, -0.25) is 0 Å². The van der Waals surface area contributed by atoms with Crippen LogP contribution in [0.2, 0.25) is 10.0 Å². The summed E-state index contributed by atoms with van der Waals surface area (Å²) < 4.78 is 40.1. The van der Waals surface area contributed by atoms with Crippen molar-refractivity contribution in [3.05, 3.63) is 63.4 Å². The molecule has 0 atom stereocenters. The number of benzene rings is 2. The lowest BCUT2D eigenvalue weighted by molar-refractivity contribution is 0.581. The van der Waals surface area contributed by atoms with Gasteiger partial charge in [0.2, 0.25) is 10.0 Å². The lowest BCUT2D eigenvalue weighted by Crippen LogP contribution is -2.24. The first-order chi connectivity index (χ1) is 9.81. The van der Waals surface area contributed by atoms with Crippen molar-refractivity contribution < 1.29 is 12.8 Å². The summed E-state index contributed by atoms with van der Waals surface area (Å²) in [4.78, 5) is -0.160. The molecule has 2 rings (SSSR count). The Morgan fingerprint density at radius 3 is 2.33 bits per heavy atom. The second-order valence-corrected chi connectivity index (χ2v) is 6.98. The normalized spacial score (nSPS) is 11.6. The minimum absolute atomic E-state index is 0.0189. The Labute approximate surface area is 132 Å². The van der Waals surface area contributed by atoms with Crippen LogP contribution in [-0.2, 0) is 16.6 Å². The molecule has 112 valence electrons. The number of hydrogen-bond donors (Lipinski definition) is 1. The van der Waals surface area contributed by atoms with Crippen molar-refractivity contribution in [3.63, 3.8) is 0 Å². The molecule has 2 aromatic carbocycles. The van der Waals surface area contributed by atoms with Crippen molar-refractivity contribution in [2.75, 3.05) is 0 Å². The van der Waals surface area contributed by atoms with E-state index in [2.05, 4.69) is 4.72 Å². The van der Waals surface area contributed by atoms with Gasteiger partial charge in [0.05, 0.1) is 10.0 Å². The van der Waals surface area contributed by atoms with Crippen LogP contribution in [0.15, 0.2) is 41.3 Å². The number of sulfonamides is 1.